The summed E-state index contributed by atoms with van der Waals surface area (Å²) in [6.07, 6.45) is 4.26. The number of carboxylic acids is 1. The summed E-state index contributed by atoms with van der Waals surface area (Å²) >= 11 is 10.8. The van der Waals surface area contributed by atoms with Crippen molar-refractivity contribution < 1.29 is 19.1 Å². The van der Waals surface area contributed by atoms with Crippen LogP contribution in [-0.4, -0.2) is 22.1 Å². The number of halogens is 1. The highest BCUT2D eigenvalue weighted by Crippen LogP contribution is 2.20. The molecule has 8 heteroatoms. The first kappa shape index (κ1) is 16.7. The summed E-state index contributed by atoms with van der Waals surface area (Å²) in [5.41, 5.74) is 0.439. The van der Waals surface area contributed by atoms with E-state index in [9.17, 15) is 9.59 Å². The Kier molecular flexibility index (Phi) is 5.51. The number of rotatable bonds is 4. The van der Waals surface area contributed by atoms with Gasteiger partial charge in [0, 0.05) is 11.8 Å². The van der Waals surface area contributed by atoms with Gasteiger partial charge in [0.1, 0.15) is 5.76 Å². The van der Waals surface area contributed by atoms with Gasteiger partial charge in [0.2, 0.25) is 5.91 Å². The Bertz CT molecular complexity index is 772. The summed E-state index contributed by atoms with van der Waals surface area (Å²) in [7, 11) is 0. The molecule has 2 rings (SSSR count). The van der Waals surface area contributed by atoms with Crippen molar-refractivity contribution in [2.24, 2.45) is 0 Å². The van der Waals surface area contributed by atoms with Gasteiger partial charge in [0.25, 0.3) is 0 Å². The van der Waals surface area contributed by atoms with Crippen LogP contribution in [0.15, 0.2) is 47.1 Å². The van der Waals surface area contributed by atoms with Gasteiger partial charge in [0.05, 0.1) is 16.8 Å². The second-order valence-corrected chi connectivity index (χ2v) is 5.11. The number of furan rings is 1. The highest BCUT2D eigenvalue weighted by molar-refractivity contribution is 7.80. The fourth-order valence-corrected chi connectivity index (χ4v) is 2.11. The smallest absolute Gasteiger partial charge is 0.337 e. The molecule has 0 aliphatic carbocycles. The zero-order chi connectivity index (χ0) is 16.8. The molecular formula is C15H11ClN2O4S. The van der Waals surface area contributed by atoms with E-state index in [4.69, 9.17) is 33.3 Å². The zero-order valence-corrected chi connectivity index (χ0v) is 13.1. The maximum absolute atomic E-state index is 11.7. The van der Waals surface area contributed by atoms with Crippen molar-refractivity contribution in [1.82, 2.24) is 5.32 Å². The molecule has 1 heterocycles. The van der Waals surface area contributed by atoms with Crippen LogP contribution in [0.5, 0.6) is 0 Å². The fourth-order valence-electron chi connectivity index (χ4n) is 1.63. The van der Waals surface area contributed by atoms with Gasteiger partial charge in [-0.2, -0.15) is 0 Å². The summed E-state index contributed by atoms with van der Waals surface area (Å²) in [6.45, 7) is 0. The molecule has 23 heavy (non-hydrogen) atoms. The Morgan fingerprint density at radius 1 is 1.30 bits per heavy atom. The second-order valence-electron chi connectivity index (χ2n) is 4.29. The van der Waals surface area contributed by atoms with E-state index in [1.54, 1.807) is 12.1 Å². The molecule has 0 saturated carbocycles. The van der Waals surface area contributed by atoms with Gasteiger partial charge in [-0.05, 0) is 48.6 Å². The van der Waals surface area contributed by atoms with E-state index >= 15 is 0 Å². The molecule has 3 N–H and O–H groups in total. The van der Waals surface area contributed by atoms with E-state index in [1.807, 2.05) is 0 Å². The first-order chi connectivity index (χ1) is 11.0. The molecule has 0 aliphatic heterocycles. The van der Waals surface area contributed by atoms with Crippen molar-refractivity contribution in [2.75, 3.05) is 5.32 Å². The van der Waals surface area contributed by atoms with Crippen LogP contribution in [0.3, 0.4) is 0 Å². The number of carboxylic acid groups (broad SMARTS) is 1. The number of aromatic carboxylic acids is 1. The van der Waals surface area contributed by atoms with Crippen LogP contribution in [-0.2, 0) is 4.79 Å². The molecule has 0 bridgehead atoms. The van der Waals surface area contributed by atoms with Crippen LogP contribution in [0.2, 0.25) is 5.02 Å². The van der Waals surface area contributed by atoms with Crippen LogP contribution in [0.25, 0.3) is 6.08 Å². The maximum Gasteiger partial charge on any atom is 0.337 e. The minimum Gasteiger partial charge on any atom is -0.478 e. The zero-order valence-electron chi connectivity index (χ0n) is 11.6. The summed E-state index contributed by atoms with van der Waals surface area (Å²) < 4.78 is 5.05. The minimum absolute atomic E-state index is 0.0199. The Morgan fingerprint density at radius 2 is 2.09 bits per heavy atom. The minimum atomic E-state index is -1.12. The van der Waals surface area contributed by atoms with E-state index in [0.717, 1.165) is 0 Å². The Balaban J connectivity index is 1.93. The Labute approximate surface area is 141 Å². The topological polar surface area (TPSA) is 91.6 Å². The molecule has 118 valence electrons. The largest absolute Gasteiger partial charge is 0.478 e. The lowest BCUT2D eigenvalue weighted by Gasteiger charge is -2.09. The molecule has 0 unspecified atom stereocenters. The summed E-state index contributed by atoms with van der Waals surface area (Å²) in [6, 6.07) is 7.64. The van der Waals surface area contributed by atoms with E-state index in [2.05, 4.69) is 10.6 Å². The molecular weight excluding hydrogens is 340 g/mol. The number of thiocarbonyl (C=S) groups is 1. The molecule has 1 aromatic heterocycles. The van der Waals surface area contributed by atoms with Gasteiger partial charge in [0.15, 0.2) is 5.11 Å². The van der Waals surface area contributed by atoms with Crippen LogP contribution < -0.4 is 10.6 Å². The number of carbonyl (C=O) groups excluding carboxylic acids is 1. The highest BCUT2D eigenvalue weighted by Gasteiger charge is 2.09. The average Bonchev–Trinajstić information content (AvgIpc) is 2.98. The third-order valence-electron chi connectivity index (χ3n) is 2.64. The lowest BCUT2D eigenvalue weighted by Crippen LogP contribution is -2.32. The molecule has 0 saturated heterocycles. The number of carbonyl (C=O) groups is 2. The van der Waals surface area contributed by atoms with Crippen molar-refractivity contribution in [1.29, 1.82) is 0 Å². The van der Waals surface area contributed by atoms with Gasteiger partial charge in [-0.3, -0.25) is 10.1 Å². The van der Waals surface area contributed by atoms with Crippen LogP contribution in [0, 0.1) is 0 Å². The Hall–Kier alpha value is -2.64. The van der Waals surface area contributed by atoms with Crippen molar-refractivity contribution in [3.05, 3.63) is 59.0 Å². The average molecular weight is 351 g/mol. The number of anilines is 1. The first-order valence-electron chi connectivity index (χ1n) is 6.32. The molecule has 1 amide bonds. The fraction of sp³-hybridized carbons (Fsp3) is 0. The lowest BCUT2D eigenvalue weighted by molar-refractivity contribution is -0.115. The maximum atomic E-state index is 11.7. The summed E-state index contributed by atoms with van der Waals surface area (Å²) in [4.78, 5) is 22.5. The quantitative estimate of drug-likeness (QED) is 0.579. The van der Waals surface area contributed by atoms with Crippen LogP contribution in [0.4, 0.5) is 5.69 Å². The van der Waals surface area contributed by atoms with Gasteiger partial charge < -0.3 is 14.8 Å². The van der Waals surface area contributed by atoms with Gasteiger partial charge >= 0.3 is 5.97 Å². The second kappa shape index (κ2) is 7.57. The summed E-state index contributed by atoms with van der Waals surface area (Å²) in [5.74, 6) is -1.03. The van der Waals surface area contributed by atoms with Crippen LogP contribution >= 0.6 is 23.8 Å². The lowest BCUT2D eigenvalue weighted by atomic mass is 10.2. The molecule has 0 atom stereocenters. The van der Waals surface area contributed by atoms with Gasteiger partial charge in [-0.15, -0.1) is 0 Å². The Morgan fingerprint density at radius 3 is 2.70 bits per heavy atom. The van der Waals surface area contributed by atoms with Crippen molar-refractivity contribution in [2.45, 2.75) is 0 Å². The van der Waals surface area contributed by atoms with Gasteiger partial charge in [-0.1, -0.05) is 11.6 Å². The van der Waals surface area contributed by atoms with E-state index in [1.165, 1.54) is 36.6 Å². The third-order valence-corrected chi connectivity index (χ3v) is 3.15. The molecule has 6 nitrogen and oxygen atoms in total. The SMILES string of the molecule is O=C(/C=C/c1ccco1)NC(=S)Nc1ccc(C(=O)O)c(Cl)c1. The monoisotopic (exact) mass is 350 g/mol. The van der Waals surface area contributed by atoms with Crippen molar-refractivity contribution >= 4 is 52.6 Å². The molecule has 1 aromatic carbocycles. The van der Waals surface area contributed by atoms with Crippen LogP contribution in [0.1, 0.15) is 16.1 Å². The summed E-state index contributed by atoms with van der Waals surface area (Å²) in [5, 5.41) is 14.2. The molecule has 0 spiro atoms. The van der Waals surface area contributed by atoms with E-state index in [0.29, 0.717) is 11.4 Å². The third kappa shape index (κ3) is 4.94. The normalized spacial score (nSPS) is 10.5. The van der Waals surface area contributed by atoms with E-state index in [-0.39, 0.29) is 15.7 Å². The molecule has 2 aromatic rings. The number of amides is 1. The first-order valence-corrected chi connectivity index (χ1v) is 7.11. The van der Waals surface area contributed by atoms with Gasteiger partial charge in [-0.25, -0.2) is 4.79 Å². The highest BCUT2D eigenvalue weighted by atomic mass is 35.5. The predicted octanol–water partition coefficient (Wildman–Crippen LogP) is 3.16. The predicted molar refractivity (Wildman–Crippen MR) is 90.5 cm³/mol. The number of hydrogen-bond donors (Lipinski definition) is 3. The standard InChI is InChI=1S/C15H11ClN2O4S/c16-12-8-9(3-5-11(12)14(20)21)17-15(23)18-13(19)6-4-10-2-1-7-22-10/h1-8H,(H,20,21)(H2,17,18,19,23)/b6-4+. The molecule has 0 fully saturated rings. The molecule has 0 radical (unpaired) electrons. The number of benzene rings is 1. The van der Waals surface area contributed by atoms with Crippen molar-refractivity contribution in [3.63, 3.8) is 0 Å². The van der Waals surface area contributed by atoms with E-state index < -0.39 is 11.9 Å². The van der Waals surface area contributed by atoms with Crippen molar-refractivity contribution in [3.8, 4) is 0 Å². The number of nitrogens with one attached hydrogen (secondary N) is 2. The number of hydrogen-bond acceptors (Lipinski definition) is 4. The molecule has 0 aliphatic rings.